The molecule has 0 aliphatic carbocycles. The summed E-state index contributed by atoms with van der Waals surface area (Å²) >= 11 is 6.80. The van der Waals surface area contributed by atoms with E-state index in [0.29, 0.717) is 21.5 Å². The summed E-state index contributed by atoms with van der Waals surface area (Å²) in [5.74, 6) is -0.510. The van der Waals surface area contributed by atoms with E-state index in [1.807, 2.05) is 31.2 Å². The van der Waals surface area contributed by atoms with Crippen molar-refractivity contribution in [1.29, 1.82) is 0 Å². The topological polar surface area (TPSA) is 66.5 Å². The lowest BCUT2D eigenvalue weighted by Gasteiger charge is -2.13. The van der Waals surface area contributed by atoms with Gasteiger partial charge in [0.05, 0.1) is 4.91 Å². The summed E-state index contributed by atoms with van der Waals surface area (Å²) in [5, 5.41) is 2.73. The van der Waals surface area contributed by atoms with E-state index in [2.05, 4.69) is 19.2 Å². The third-order valence-corrected chi connectivity index (χ3v) is 5.69. The first-order chi connectivity index (χ1) is 13.7. The number of thioether (sulfide) groups is 1. The Hall–Kier alpha value is -2.57. The van der Waals surface area contributed by atoms with Crippen molar-refractivity contribution in [2.45, 2.75) is 26.7 Å². The predicted molar refractivity (Wildman–Crippen MR) is 118 cm³/mol. The van der Waals surface area contributed by atoms with Gasteiger partial charge in [-0.2, -0.15) is 0 Å². The zero-order valence-corrected chi connectivity index (χ0v) is 17.9. The molecular weight excluding hydrogens is 408 g/mol. The SMILES string of the molecule is Cc1ccc(Cl)cc1NC(=O)CN1C(=O)S/C(=C/c2ccc(C(C)C)cc2)C1=O. The van der Waals surface area contributed by atoms with Crippen molar-refractivity contribution < 1.29 is 14.4 Å². The van der Waals surface area contributed by atoms with Crippen LogP contribution in [0, 0.1) is 6.92 Å². The second-order valence-electron chi connectivity index (χ2n) is 7.10. The minimum atomic E-state index is -0.467. The van der Waals surface area contributed by atoms with Gasteiger partial charge in [0.2, 0.25) is 5.91 Å². The van der Waals surface area contributed by atoms with Gasteiger partial charge in [-0.05, 0) is 59.5 Å². The molecule has 0 atom stereocenters. The fraction of sp³-hybridized carbons (Fsp3) is 0.227. The molecule has 150 valence electrons. The Morgan fingerprint density at radius 3 is 2.52 bits per heavy atom. The molecule has 0 spiro atoms. The number of hydrogen-bond acceptors (Lipinski definition) is 4. The van der Waals surface area contributed by atoms with Gasteiger partial charge in [-0.1, -0.05) is 55.8 Å². The number of imide groups is 1. The maximum absolute atomic E-state index is 12.6. The number of aryl methyl sites for hydroxylation is 1. The number of nitrogens with one attached hydrogen (secondary N) is 1. The third kappa shape index (κ3) is 5.08. The molecule has 0 bridgehead atoms. The monoisotopic (exact) mass is 428 g/mol. The zero-order valence-electron chi connectivity index (χ0n) is 16.4. The molecule has 0 unspecified atom stereocenters. The Balaban J connectivity index is 1.70. The van der Waals surface area contributed by atoms with Gasteiger partial charge in [-0.25, -0.2) is 0 Å². The normalized spacial score (nSPS) is 15.5. The molecule has 1 aliphatic rings. The second kappa shape index (κ2) is 8.84. The van der Waals surface area contributed by atoms with E-state index in [9.17, 15) is 14.4 Å². The van der Waals surface area contributed by atoms with Crippen LogP contribution in [0.5, 0.6) is 0 Å². The molecule has 1 aliphatic heterocycles. The number of carbonyl (C=O) groups excluding carboxylic acids is 3. The molecule has 1 saturated heterocycles. The Kier molecular flexibility index (Phi) is 6.45. The van der Waals surface area contributed by atoms with E-state index < -0.39 is 17.1 Å². The van der Waals surface area contributed by atoms with E-state index in [0.717, 1.165) is 27.8 Å². The molecule has 3 amide bonds. The molecule has 2 aromatic rings. The van der Waals surface area contributed by atoms with Crippen LogP contribution in [0.4, 0.5) is 10.5 Å². The molecule has 0 aromatic heterocycles. The molecule has 7 heteroatoms. The lowest BCUT2D eigenvalue weighted by Crippen LogP contribution is -2.36. The molecule has 3 rings (SSSR count). The van der Waals surface area contributed by atoms with E-state index >= 15 is 0 Å². The summed E-state index contributed by atoms with van der Waals surface area (Å²) in [4.78, 5) is 38.5. The number of halogens is 1. The quantitative estimate of drug-likeness (QED) is 0.643. The summed E-state index contributed by atoms with van der Waals surface area (Å²) in [5.41, 5.74) is 3.42. The highest BCUT2D eigenvalue weighted by Crippen LogP contribution is 2.32. The van der Waals surface area contributed by atoms with Crippen LogP contribution in [-0.2, 0) is 9.59 Å². The highest BCUT2D eigenvalue weighted by atomic mass is 35.5. The summed E-state index contributed by atoms with van der Waals surface area (Å²) in [6.07, 6.45) is 1.67. The van der Waals surface area contributed by atoms with Crippen molar-refractivity contribution in [2.75, 3.05) is 11.9 Å². The molecular formula is C22H21ClN2O3S. The van der Waals surface area contributed by atoms with E-state index in [4.69, 9.17) is 11.6 Å². The van der Waals surface area contributed by atoms with Gasteiger partial charge in [0.15, 0.2) is 0 Å². The van der Waals surface area contributed by atoms with Crippen LogP contribution in [0.2, 0.25) is 5.02 Å². The van der Waals surface area contributed by atoms with Crippen LogP contribution in [0.15, 0.2) is 47.4 Å². The lowest BCUT2D eigenvalue weighted by molar-refractivity contribution is -0.127. The van der Waals surface area contributed by atoms with E-state index in [-0.39, 0.29) is 6.54 Å². The Morgan fingerprint density at radius 1 is 1.17 bits per heavy atom. The van der Waals surface area contributed by atoms with Crippen LogP contribution in [0.1, 0.15) is 36.5 Å². The molecule has 1 fully saturated rings. The van der Waals surface area contributed by atoms with Crippen LogP contribution in [0.25, 0.3) is 6.08 Å². The molecule has 0 radical (unpaired) electrons. The van der Waals surface area contributed by atoms with Crippen molar-refractivity contribution in [3.05, 3.63) is 69.1 Å². The number of hydrogen-bond donors (Lipinski definition) is 1. The van der Waals surface area contributed by atoms with Crippen molar-refractivity contribution >= 4 is 52.2 Å². The molecule has 2 aromatic carbocycles. The van der Waals surface area contributed by atoms with Crippen molar-refractivity contribution in [1.82, 2.24) is 4.90 Å². The largest absolute Gasteiger partial charge is 0.324 e. The smallest absolute Gasteiger partial charge is 0.294 e. The first kappa shape index (κ1) is 21.1. The summed E-state index contributed by atoms with van der Waals surface area (Å²) in [6.45, 7) is 5.70. The zero-order chi connectivity index (χ0) is 21.1. The maximum Gasteiger partial charge on any atom is 0.294 e. The highest BCUT2D eigenvalue weighted by molar-refractivity contribution is 8.18. The van der Waals surface area contributed by atoms with Gasteiger partial charge < -0.3 is 5.32 Å². The number of nitrogens with zero attached hydrogens (tertiary/aromatic N) is 1. The van der Waals surface area contributed by atoms with Gasteiger partial charge in [0.25, 0.3) is 11.1 Å². The van der Waals surface area contributed by atoms with E-state index in [1.165, 1.54) is 5.56 Å². The van der Waals surface area contributed by atoms with Gasteiger partial charge in [-0.3, -0.25) is 19.3 Å². The Labute approximate surface area is 179 Å². The average molecular weight is 429 g/mol. The first-order valence-corrected chi connectivity index (χ1v) is 10.4. The molecule has 0 saturated carbocycles. The Bertz CT molecular complexity index is 1000. The summed E-state index contributed by atoms with van der Waals surface area (Å²) < 4.78 is 0. The Morgan fingerprint density at radius 2 is 1.86 bits per heavy atom. The standard InChI is InChI=1S/C22H21ClN2O3S/c1-13(2)16-7-5-15(6-8-16)10-19-21(27)25(22(28)29-19)12-20(26)24-18-11-17(23)9-4-14(18)3/h4-11,13H,12H2,1-3H3,(H,24,26)/b19-10+. The van der Waals surface area contributed by atoms with Crippen LogP contribution in [0.3, 0.4) is 0 Å². The van der Waals surface area contributed by atoms with Crippen molar-refractivity contribution in [2.24, 2.45) is 0 Å². The minimum Gasteiger partial charge on any atom is -0.324 e. The minimum absolute atomic E-state index is 0.305. The second-order valence-corrected chi connectivity index (χ2v) is 8.53. The fourth-order valence-corrected chi connectivity index (χ4v) is 3.84. The van der Waals surface area contributed by atoms with Crippen molar-refractivity contribution in [3.8, 4) is 0 Å². The maximum atomic E-state index is 12.6. The van der Waals surface area contributed by atoms with Crippen LogP contribution < -0.4 is 5.32 Å². The lowest BCUT2D eigenvalue weighted by atomic mass is 10.0. The van der Waals surface area contributed by atoms with Crippen LogP contribution >= 0.6 is 23.4 Å². The van der Waals surface area contributed by atoms with Crippen molar-refractivity contribution in [3.63, 3.8) is 0 Å². The van der Waals surface area contributed by atoms with Gasteiger partial charge >= 0.3 is 0 Å². The predicted octanol–water partition coefficient (Wildman–Crippen LogP) is 5.45. The summed E-state index contributed by atoms with van der Waals surface area (Å²) in [7, 11) is 0. The molecule has 5 nitrogen and oxygen atoms in total. The highest BCUT2D eigenvalue weighted by Gasteiger charge is 2.36. The number of carbonyl (C=O) groups is 3. The molecule has 1 heterocycles. The third-order valence-electron chi connectivity index (χ3n) is 4.55. The molecule has 29 heavy (non-hydrogen) atoms. The first-order valence-electron chi connectivity index (χ1n) is 9.16. The number of amides is 3. The van der Waals surface area contributed by atoms with Gasteiger partial charge in [0, 0.05) is 10.7 Å². The van der Waals surface area contributed by atoms with Gasteiger partial charge in [0.1, 0.15) is 6.54 Å². The van der Waals surface area contributed by atoms with Crippen LogP contribution in [-0.4, -0.2) is 28.5 Å². The number of benzene rings is 2. The number of anilines is 1. The van der Waals surface area contributed by atoms with Gasteiger partial charge in [-0.15, -0.1) is 0 Å². The molecule has 1 N–H and O–H groups in total. The average Bonchev–Trinajstić information content (AvgIpc) is 2.92. The number of rotatable bonds is 5. The van der Waals surface area contributed by atoms with E-state index in [1.54, 1.807) is 24.3 Å². The fourth-order valence-electron chi connectivity index (χ4n) is 2.83. The summed E-state index contributed by atoms with van der Waals surface area (Å²) in [6, 6.07) is 13.0.